The lowest BCUT2D eigenvalue weighted by atomic mass is 9.97. The largest absolute Gasteiger partial charge is 0.338 e. The van der Waals surface area contributed by atoms with Crippen molar-refractivity contribution in [2.75, 3.05) is 6.26 Å². The van der Waals surface area contributed by atoms with Crippen LogP contribution in [0.5, 0.6) is 0 Å². The minimum Gasteiger partial charge on any atom is -0.338 e. The molecule has 6 heteroatoms. The van der Waals surface area contributed by atoms with E-state index in [0.717, 1.165) is 27.7 Å². The Morgan fingerprint density at radius 1 is 0.929 bits per heavy atom. The van der Waals surface area contributed by atoms with Gasteiger partial charge in [0.1, 0.15) is 5.82 Å². The van der Waals surface area contributed by atoms with Gasteiger partial charge in [-0.15, -0.1) is 0 Å². The number of sulfone groups is 1. The number of imidazole rings is 1. The highest BCUT2D eigenvalue weighted by Gasteiger charge is 2.12. The first kappa shape index (κ1) is 18.1. The van der Waals surface area contributed by atoms with E-state index < -0.39 is 9.84 Å². The van der Waals surface area contributed by atoms with Gasteiger partial charge < -0.3 is 4.98 Å². The summed E-state index contributed by atoms with van der Waals surface area (Å²) in [5.74, 6) is 0.677. The first-order valence-corrected chi connectivity index (χ1v) is 10.6. The number of aromatic nitrogens is 2. The molecule has 0 saturated carbocycles. The zero-order valence-corrected chi connectivity index (χ0v) is 16.2. The van der Waals surface area contributed by atoms with Crippen LogP contribution in [-0.4, -0.2) is 30.4 Å². The number of benzene rings is 3. The molecule has 0 aliphatic carbocycles. The SMILES string of the molecule is CC(=O)c1ccccc1-c1ccc2[nH]c(-c3ccc(S(C)(=O)=O)cc3)nc2c1. The van der Waals surface area contributed by atoms with Gasteiger partial charge in [0.2, 0.25) is 0 Å². The van der Waals surface area contributed by atoms with Gasteiger partial charge in [-0.25, -0.2) is 13.4 Å². The van der Waals surface area contributed by atoms with Crippen molar-refractivity contribution in [3.8, 4) is 22.5 Å². The van der Waals surface area contributed by atoms with Crippen molar-refractivity contribution in [1.29, 1.82) is 0 Å². The summed E-state index contributed by atoms with van der Waals surface area (Å²) in [6.07, 6.45) is 1.18. The molecule has 4 aromatic rings. The van der Waals surface area contributed by atoms with Crippen LogP contribution in [0.15, 0.2) is 71.6 Å². The molecule has 3 aromatic carbocycles. The molecule has 0 saturated heterocycles. The number of Topliss-reactive ketones (excluding diaryl/α,β-unsaturated/α-hetero) is 1. The Morgan fingerprint density at radius 2 is 1.61 bits per heavy atom. The van der Waals surface area contributed by atoms with Crippen molar-refractivity contribution in [3.63, 3.8) is 0 Å². The number of fused-ring (bicyclic) bond motifs is 1. The Hall–Kier alpha value is -3.25. The lowest BCUT2D eigenvalue weighted by Crippen LogP contribution is -1.96. The van der Waals surface area contributed by atoms with E-state index in [-0.39, 0.29) is 10.7 Å². The highest BCUT2D eigenvalue weighted by atomic mass is 32.2. The van der Waals surface area contributed by atoms with Gasteiger partial charge in [-0.1, -0.05) is 30.3 Å². The van der Waals surface area contributed by atoms with Crippen LogP contribution < -0.4 is 0 Å². The number of nitrogens with one attached hydrogen (secondary N) is 1. The van der Waals surface area contributed by atoms with Crippen molar-refractivity contribution in [2.24, 2.45) is 0 Å². The molecule has 5 nitrogen and oxygen atoms in total. The molecular formula is C22H18N2O3S. The van der Waals surface area contributed by atoms with Crippen LogP contribution in [0.4, 0.5) is 0 Å². The number of aromatic amines is 1. The summed E-state index contributed by atoms with van der Waals surface area (Å²) < 4.78 is 23.2. The second kappa shape index (κ2) is 6.73. The summed E-state index contributed by atoms with van der Waals surface area (Å²) >= 11 is 0. The number of carbonyl (C=O) groups is 1. The smallest absolute Gasteiger partial charge is 0.175 e. The van der Waals surface area contributed by atoms with Crippen LogP contribution in [0, 0.1) is 0 Å². The number of ketones is 1. The molecule has 0 unspecified atom stereocenters. The Labute approximate surface area is 163 Å². The number of nitrogens with zero attached hydrogens (tertiary/aromatic N) is 1. The van der Waals surface area contributed by atoms with Crippen LogP contribution in [0.3, 0.4) is 0 Å². The fourth-order valence-corrected chi connectivity index (χ4v) is 3.84. The van der Waals surface area contributed by atoms with Crippen LogP contribution in [0.1, 0.15) is 17.3 Å². The molecule has 28 heavy (non-hydrogen) atoms. The van der Waals surface area contributed by atoms with Gasteiger partial charge in [0, 0.05) is 17.4 Å². The van der Waals surface area contributed by atoms with Gasteiger partial charge in [-0.3, -0.25) is 4.79 Å². The average Bonchev–Trinajstić information content (AvgIpc) is 3.10. The molecule has 0 atom stereocenters. The first-order valence-electron chi connectivity index (χ1n) is 8.73. The molecule has 140 valence electrons. The van der Waals surface area contributed by atoms with E-state index in [1.165, 1.54) is 6.26 Å². The Morgan fingerprint density at radius 3 is 2.29 bits per heavy atom. The number of hydrogen-bond acceptors (Lipinski definition) is 4. The summed E-state index contributed by atoms with van der Waals surface area (Å²) in [6, 6.07) is 20.0. The van der Waals surface area contributed by atoms with Crippen molar-refractivity contribution in [3.05, 3.63) is 72.3 Å². The molecule has 0 aliphatic rings. The normalized spacial score (nSPS) is 11.6. The third-order valence-electron chi connectivity index (χ3n) is 4.66. The summed E-state index contributed by atoms with van der Waals surface area (Å²) in [6.45, 7) is 1.56. The molecule has 1 aromatic heterocycles. The summed E-state index contributed by atoms with van der Waals surface area (Å²) in [4.78, 5) is 20.1. The van der Waals surface area contributed by atoms with Gasteiger partial charge in [0.05, 0.1) is 15.9 Å². The molecule has 0 bridgehead atoms. The van der Waals surface area contributed by atoms with E-state index in [2.05, 4.69) is 9.97 Å². The predicted molar refractivity (Wildman–Crippen MR) is 110 cm³/mol. The maximum Gasteiger partial charge on any atom is 0.175 e. The van der Waals surface area contributed by atoms with Crippen molar-refractivity contribution < 1.29 is 13.2 Å². The van der Waals surface area contributed by atoms with Gasteiger partial charge in [-0.2, -0.15) is 0 Å². The second-order valence-corrected chi connectivity index (χ2v) is 8.73. The topological polar surface area (TPSA) is 79.9 Å². The summed E-state index contributed by atoms with van der Waals surface area (Å²) in [5, 5.41) is 0. The predicted octanol–water partition coefficient (Wildman–Crippen LogP) is 4.50. The lowest BCUT2D eigenvalue weighted by molar-refractivity contribution is 0.101. The maximum absolute atomic E-state index is 11.9. The highest BCUT2D eigenvalue weighted by Crippen LogP contribution is 2.28. The number of rotatable bonds is 4. The maximum atomic E-state index is 11.9. The van der Waals surface area contributed by atoms with Crippen molar-refractivity contribution in [2.45, 2.75) is 11.8 Å². The standard InChI is InChI=1S/C22H18N2O3S/c1-14(25)18-5-3-4-6-19(18)16-9-12-20-21(13-16)24-22(23-20)15-7-10-17(11-8-15)28(2,26)27/h3-13H,1-2H3,(H,23,24). The molecule has 1 heterocycles. The van der Waals surface area contributed by atoms with E-state index in [0.29, 0.717) is 11.4 Å². The second-order valence-electron chi connectivity index (χ2n) is 6.72. The molecule has 0 fully saturated rings. The van der Waals surface area contributed by atoms with E-state index in [1.54, 1.807) is 31.2 Å². The van der Waals surface area contributed by atoms with E-state index >= 15 is 0 Å². The van der Waals surface area contributed by atoms with Crippen LogP contribution >= 0.6 is 0 Å². The minimum absolute atomic E-state index is 0.0179. The van der Waals surface area contributed by atoms with Crippen molar-refractivity contribution in [1.82, 2.24) is 9.97 Å². The van der Waals surface area contributed by atoms with Gasteiger partial charge in [0.25, 0.3) is 0 Å². The minimum atomic E-state index is -3.23. The van der Waals surface area contributed by atoms with E-state index in [1.807, 2.05) is 42.5 Å². The average molecular weight is 390 g/mol. The van der Waals surface area contributed by atoms with Crippen LogP contribution in [-0.2, 0) is 9.84 Å². The van der Waals surface area contributed by atoms with Gasteiger partial charge in [-0.05, 0) is 54.4 Å². The molecule has 0 aliphatic heterocycles. The number of H-pyrrole nitrogens is 1. The van der Waals surface area contributed by atoms with Gasteiger partial charge >= 0.3 is 0 Å². The molecule has 0 amide bonds. The Kier molecular flexibility index (Phi) is 4.35. The van der Waals surface area contributed by atoms with E-state index in [9.17, 15) is 13.2 Å². The third kappa shape index (κ3) is 3.34. The fourth-order valence-electron chi connectivity index (χ4n) is 3.21. The molecule has 0 spiro atoms. The zero-order valence-electron chi connectivity index (χ0n) is 15.4. The quantitative estimate of drug-likeness (QED) is 0.520. The Balaban J connectivity index is 1.76. The summed E-state index contributed by atoms with van der Waals surface area (Å²) in [5.41, 5.74) is 4.91. The molecule has 1 N–H and O–H groups in total. The molecule has 0 radical (unpaired) electrons. The molecule has 4 rings (SSSR count). The van der Waals surface area contributed by atoms with Crippen molar-refractivity contribution >= 4 is 26.7 Å². The number of hydrogen-bond donors (Lipinski definition) is 1. The Bertz CT molecular complexity index is 1300. The van der Waals surface area contributed by atoms with Crippen LogP contribution in [0.2, 0.25) is 0 Å². The van der Waals surface area contributed by atoms with Gasteiger partial charge in [0.15, 0.2) is 15.6 Å². The van der Waals surface area contributed by atoms with E-state index in [4.69, 9.17) is 0 Å². The zero-order chi connectivity index (χ0) is 19.9. The highest BCUT2D eigenvalue weighted by molar-refractivity contribution is 7.90. The summed E-state index contributed by atoms with van der Waals surface area (Å²) in [7, 11) is -3.23. The van der Waals surface area contributed by atoms with Crippen LogP contribution in [0.25, 0.3) is 33.5 Å². The number of carbonyl (C=O) groups excluding carboxylic acids is 1. The molecular weight excluding hydrogens is 372 g/mol. The monoisotopic (exact) mass is 390 g/mol. The fraction of sp³-hybridized carbons (Fsp3) is 0.0909. The first-order chi connectivity index (χ1) is 13.3. The third-order valence-corrected chi connectivity index (χ3v) is 5.78. The lowest BCUT2D eigenvalue weighted by Gasteiger charge is -2.06.